The van der Waals surface area contributed by atoms with Crippen LogP contribution in [0.2, 0.25) is 20.1 Å². The van der Waals surface area contributed by atoms with Crippen LogP contribution in [0.3, 0.4) is 0 Å². The van der Waals surface area contributed by atoms with Crippen LogP contribution in [0.4, 0.5) is 5.00 Å². The number of carbonyl (C=O) groups is 5. The lowest BCUT2D eigenvalue weighted by Crippen LogP contribution is -2.34. The maximum atomic E-state index is 12.0. The number of carboxylic acids is 2. The highest BCUT2D eigenvalue weighted by molar-refractivity contribution is 7.14. The van der Waals surface area contributed by atoms with E-state index in [0.29, 0.717) is 5.00 Å². The number of halogens is 4. The summed E-state index contributed by atoms with van der Waals surface area (Å²) in [5.74, 6) is -4.32. The van der Waals surface area contributed by atoms with E-state index in [1.54, 1.807) is 29.6 Å². The predicted molar refractivity (Wildman–Crippen MR) is 155 cm³/mol. The number of nitrogens with one attached hydrogen (secondary N) is 1. The number of carbonyl (C=O) groups excluding carboxylic acids is 4. The van der Waals surface area contributed by atoms with Gasteiger partial charge in [-0.2, -0.15) is 0 Å². The van der Waals surface area contributed by atoms with Gasteiger partial charge in [0.05, 0.1) is 36.2 Å². The molecular formula is C26H17Cl4NO10S. The molecule has 0 aliphatic heterocycles. The number of aliphatic carboxylic acids is 2. The van der Waals surface area contributed by atoms with Crippen LogP contribution in [0.25, 0.3) is 0 Å². The van der Waals surface area contributed by atoms with Gasteiger partial charge in [0.2, 0.25) is 5.78 Å². The van der Waals surface area contributed by atoms with Crippen LogP contribution < -0.4 is 5.32 Å². The van der Waals surface area contributed by atoms with Gasteiger partial charge >= 0.3 is 23.9 Å². The molecule has 0 radical (unpaired) electrons. The molecule has 3 rings (SSSR count). The highest BCUT2D eigenvalue weighted by Crippen LogP contribution is 2.26. The van der Waals surface area contributed by atoms with Gasteiger partial charge in [-0.15, -0.1) is 11.3 Å². The van der Waals surface area contributed by atoms with Gasteiger partial charge in [0.1, 0.15) is 5.94 Å². The lowest BCUT2D eigenvalue weighted by molar-refractivity contribution is -0.140. The summed E-state index contributed by atoms with van der Waals surface area (Å²) < 4.78 is 9.67. The molecule has 16 heteroatoms. The van der Waals surface area contributed by atoms with Gasteiger partial charge in [-0.3, -0.25) is 4.79 Å². The predicted octanol–water partition coefficient (Wildman–Crippen LogP) is 5.34. The van der Waals surface area contributed by atoms with E-state index in [0.717, 1.165) is 5.94 Å². The molecule has 1 heterocycles. The van der Waals surface area contributed by atoms with Gasteiger partial charge in [0.15, 0.2) is 24.8 Å². The summed E-state index contributed by atoms with van der Waals surface area (Å²) in [5.41, 5.74) is -0.965. The van der Waals surface area contributed by atoms with Crippen molar-refractivity contribution in [1.82, 2.24) is 0 Å². The summed E-state index contributed by atoms with van der Waals surface area (Å²) in [7, 11) is 0. The van der Waals surface area contributed by atoms with E-state index in [9.17, 15) is 28.8 Å². The van der Waals surface area contributed by atoms with Gasteiger partial charge in [0, 0.05) is 0 Å². The first-order valence-electron chi connectivity index (χ1n) is 11.1. The Morgan fingerprint density at radius 2 is 1.24 bits per heavy atom. The minimum absolute atomic E-state index is 0.0523. The van der Waals surface area contributed by atoms with E-state index in [2.05, 4.69) is 5.32 Å². The molecule has 0 saturated heterocycles. The van der Waals surface area contributed by atoms with Crippen LogP contribution in [-0.2, 0) is 28.7 Å². The highest BCUT2D eigenvalue weighted by atomic mass is 35.5. The zero-order valence-electron chi connectivity index (χ0n) is 20.8. The molecule has 0 fully saturated rings. The Morgan fingerprint density at radius 3 is 1.57 bits per heavy atom. The third kappa shape index (κ3) is 9.88. The van der Waals surface area contributed by atoms with Gasteiger partial charge < -0.3 is 25.0 Å². The maximum Gasteiger partial charge on any atom is 0.345 e. The average molecular weight is 677 g/mol. The fourth-order valence-electron chi connectivity index (χ4n) is 2.85. The van der Waals surface area contributed by atoms with E-state index in [-0.39, 0.29) is 31.2 Å². The molecule has 0 spiro atoms. The van der Waals surface area contributed by atoms with E-state index >= 15 is 0 Å². The fourth-order valence-corrected chi connectivity index (χ4v) is 4.60. The first-order chi connectivity index (χ1) is 19.9. The quantitative estimate of drug-likeness (QED) is 0.136. The molecule has 0 unspecified atom stereocenters. The van der Waals surface area contributed by atoms with E-state index in [1.807, 2.05) is 0 Å². The van der Waals surface area contributed by atoms with Gasteiger partial charge in [0.25, 0.3) is 0 Å². The highest BCUT2D eigenvalue weighted by Gasteiger charge is 2.29. The Labute approximate surface area is 261 Å². The van der Waals surface area contributed by atoms with Crippen LogP contribution >= 0.6 is 57.7 Å². The number of rotatable bonds is 11. The minimum atomic E-state index is -1.61. The number of carboxylic acid groups (broad SMARTS) is 2. The summed E-state index contributed by atoms with van der Waals surface area (Å²) >= 11 is 24.7. The van der Waals surface area contributed by atoms with Gasteiger partial charge in [-0.1, -0.05) is 58.5 Å². The number of ether oxygens (including phenoxy) is 2. The second kappa shape index (κ2) is 16.5. The Hall–Kier alpha value is -3.90. The SMILES string of the molecule is O=C(COC(=O)c1c(Cl)cccc1Cl)COC(=O)c1c(Cl)cccc1Cl.O=C=C(C(=O)O)[C@H](Nc1cccs1)C(=O)O. The normalized spacial score (nSPS) is 10.7. The van der Waals surface area contributed by atoms with Crippen molar-refractivity contribution in [3.05, 3.63) is 90.7 Å². The van der Waals surface area contributed by atoms with E-state index in [1.165, 1.54) is 35.6 Å². The summed E-state index contributed by atoms with van der Waals surface area (Å²) in [6.07, 6.45) is 0. The first kappa shape index (κ1) is 34.3. The van der Waals surface area contributed by atoms with Crippen molar-refractivity contribution in [3.63, 3.8) is 0 Å². The number of esters is 2. The third-order valence-corrected chi connectivity index (χ3v) is 6.81. The van der Waals surface area contributed by atoms with Crippen molar-refractivity contribution in [2.45, 2.75) is 6.04 Å². The van der Waals surface area contributed by atoms with Gasteiger partial charge in [-0.05, 0) is 41.8 Å². The van der Waals surface area contributed by atoms with Crippen LogP contribution in [-0.4, -0.2) is 65.1 Å². The van der Waals surface area contributed by atoms with Crippen molar-refractivity contribution < 1.29 is 48.5 Å². The van der Waals surface area contributed by atoms with Crippen LogP contribution in [0.1, 0.15) is 20.7 Å². The molecule has 0 aliphatic carbocycles. The molecule has 3 aromatic rings. The summed E-state index contributed by atoms with van der Waals surface area (Å²) in [5, 5.41) is 22.4. The lowest BCUT2D eigenvalue weighted by Gasteiger charge is -2.12. The van der Waals surface area contributed by atoms with Crippen LogP contribution in [0.5, 0.6) is 0 Å². The number of hydrogen-bond donors (Lipinski definition) is 3. The second-order valence-corrected chi connectivity index (χ2v) is 10.2. The number of benzene rings is 2. The molecule has 3 N–H and O–H groups in total. The second-order valence-electron chi connectivity index (χ2n) is 7.60. The molecule has 220 valence electrons. The maximum absolute atomic E-state index is 12.0. The average Bonchev–Trinajstić information content (AvgIpc) is 3.44. The Kier molecular flexibility index (Phi) is 13.5. The number of ketones is 1. The summed E-state index contributed by atoms with van der Waals surface area (Å²) in [4.78, 5) is 67.5. The molecule has 0 bridgehead atoms. The Morgan fingerprint density at radius 1 is 0.786 bits per heavy atom. The molecule has 42 heavy (non-hydrogen) atoms. The summed E-state index contributed by atoms with van der Waals surface area (Å²) in [6, 6.07) is 10.6. The van der Waals surface area contributed by atoms with Crippen molar-refractivity contribution in [2.24, 2.45) is 0 Å². The minimum Gasteiger partial charge on any atom is -0.479 e. The van der Waals surface area contributed by atoms with Gasteiger partial charge in [-0.25, -0.2) is 24.0 Å². The zero-order chi connectivity index (χ0) is 31.4. The molecule has 1 aromatic heterocycles. The van der Waals surface area contributed by atoms with Crippen molar-refractivity contribution in [3.8, 4) is 0 Å². The monoisotopic (exact) mass is 675 g/mol. The Bertz CT molecular complexity index is 1430. The molecule has 0 saturated carbocycles. The largest absolute Gasteiger partial charge is 0.479 e. The molecule has 1 atom stereocenters. The third-order valence-electron chi connectivity index (χ3n) is 4.75. The Balaban J connectivity index is 0.000000330. The van der Waals surface area contributed by atoms with E-state index < -0.39 is 54.5 Å². The number of hydrogen-bond acceptors (Lipinski definition) is 10. The van der Waals surface area contributed by atoms with Crippen molar-refractivity contribution >= 4 is 98.3 Å². The topological polar surface area (TPSA) is 173 Å². The number of thiophene rings is 1. The fraction of sp³-hybridized carbons (Fsp3) is 0.115. The number of Topliss-reactive ketones (excluding diaryl/α,β-unsaturated/α-hetero) is 1. The van der Waals surface area contributed by atoms with Crippen molar-refractivity contribution in [2.75, 3.05) is 18.5 Å². The molecular weight excluding hydrogens is 660 g/mol. The lowest BCUT2D eigenvalue weighted by atomic mass is 10.1. The van der Waals surface area contributed by atoms with Crippen LogP contribution in [0.15, 0.2) is 59.5 Å². The molecule has 11 nitrogen and oxygen atoms in total. The molecule has 0 amide bonds. The summed E-state index contributed by atoms with van der Waals surface area (Å²) in [6.45, 7) is -1.24. The van der Waals surface area contributed by atoms with Crippen molar-refractivity contribution in [1.29, 1.82) is 0 Å². The molecule has 2 aromatic carbocycles. The number of anilines is 1. The molecule has 0 aliphatic rings. The zero-order valence-corrected chi connectivity index (χ0v) is 24.6. The standard InChI is InChI=1S/C17H10Cl4O5.C9H7NO5S/c18-10-3-1-4-11(19)14(10)16(23)25-7-9(22)8-26-17(24)15-12(20)5-2-6-13(15)21;11-4-5(8(12)13)7(9(14)15)10-6-2-1-3-16-6/h1-6H,7-8H2;1-3,7,10H,(H,12,13)(H,14,15)/t;7-/m.0/s1. The smallest absolute Gasteiger partial charge is 0.345 e. The van der Waals surface area contributed by atoms with E-state index in [4.69, 9.17) is 66.1 Å². The van der Waals surface area contributed by atoms with Crippen LogP contribution in [0, 0.1) is 0 Å². The first-order valence-corrected chi connectivity index (χ1v) is 13.5.